The van der Waals surface area contributed by atoms with Gasteiger partial charge >= 0.3 is 0 Å². The molecule has 0 saturated carbocycles. The molecule has 1 aromatic carbocycles. The molecule has 1 aromatic heterocycles. The van der Waals surface area contributed by atoms with Crippen LogP contribution in [0.15, 0.2) is 47.8 Å². The Balaban J connectivity index is 2.06. The van der Waals surface area contributed by atoms with Gasteiger partial charge in [-0.1, -0.05) is 12.1 Å². The Morgan fingerprint density at radius 3 is 2.74 bits per heavy atom. The third-order valence-electron chi connectivity index (χ3n) is 2.35. The van der Waals surface area contributed by atoms with Crippen LogP contribution < -0.4 is 5.43 Å². The van der Waals surface area contributed by atoms with Gasteiger partial charge in [-0.3, -0.25) is 9.78 Å². The van der Waals surface area contributed by atoms with Crippen molar-refractivity contribution < 1.29 is 15.0 Å². The van der Waals surface area contributed by atoms with E-state index in [1.807, 2.05) is 0 Å². The fourth-order valence-electron chi connectivity index (χ4n) is 1.39. The number of rotatable bonds is 3. The van der Waals surface area contributed by atoms with Crippen LogP contribution in [-0.2, 0) is 0 Å². The average Bonchev–Trinajstić information content (AvgIpc) is 2.41. The van der Waals surface area contributed by atoms with Crippen molar-refractivity contribution in [1.29, 1.82) is 0 Å². The number of hydrogen-bond donors (Lipinski definition) is 3. The lowest BCUT2D eigenvalue weighted by Gasteiger charge is -2.02. The first-order chi connectivity index (χ1) is 9.18. The number of aromatic nitrogens is 1. The van der Waals surface area contributed by atoms with E-state index in [-0.39, 0.29) is 17.1 Å². The molecule has 3 N–H and O–H groups in total. The summed E-state index contributed by atoms with van der Waals surface area (Å²) in [6, 6.07) is 7.68. The highest BCUT2D eigenvalue weighted by atomic mass is 16.3. The Kier molecular flexibility index (Phi) is 3.72. The Morgan fingerprint density at radius 2 is 2.00 bits per heavy atom. The van der Waals surface area contributed by atoms with Crippen LogP contribution in [0.3, 0.4) is 0 Å². The van der Waals surface area contributed by atoms with Crippen molar-refractivity contribution in [3.63, 3.8) is 0 Å². The zero-order chi connectivity index (χ0) is 13.7. The smallest absolute Gasteiger partial charge is 0.275 e. The minimum absolute atomic E-state index is 0.0388. The first-order valence-electron chi connectivity index (χ1n) is 5.43. The van der Waals surface area contributed by atoms with Crippen molar-refractivity contribution in [3.8, 4) is 11.5 Å². The van der Waals surface area contributed by atoms with Crippen LogP contribution in [0.25, 0.3) is 0 Å². The Hall–Kier alpha value is -2.89. The summed E-state index contributed by atoms with van der Waals surface area (Å²) in [5.41, 5.74) is 2.80. The molecule has 0 radical (unpaired) electrons. The van der Waals surface area contributed by atoms with Crippen LogP contribution in [0.1, 0.15) is 15.9 Å². The Bertz CT molecular complexity index is 626. The SMILES string of the molecule is O=C(NN=Cc1ccncc1O)c1ccccc1O. The second-order valence-electron chi connectivity index (χ2n) is 3.65. The third-order valence-corrected chi connectivity index (χ3v) is 2.35. The van der Waals surface area contributed by atoms with Crippen molar-refractivity contribution in [1.82, 2.24) is 10.4 Å². The van der Waals surface area contributed by atoms with Gasteiger partial charge in [0, 0.05) is 11.8 Å². The van der Waals surface area contributed by atoms with E-state index < -0.39 is 5.91 Å². The number of carbonyl (C=O) groups is 1. The minimum atomic E-state index is -0.539. The van der Waals surface area contributed by atoms with E-state index in [1.165, 1.54) is 30.7 Å². The van der Waals surface area contributed by atoms with Crippen LogP contribution in [-0.4, -0.2) is 27.3 Å². The fourth-order valence-corrected chi connectivity index (χ4v) is 1.39. The van der Waals surface area contributed by atoms with Crippen molar-refractivity contribution in [2.24, 2.45) is 5.10 Å². The standard InChI is InChI=1S/C13H11N3O3/c17-11-4-2-1-3-10(11)13(19)16-15-7-9-5-6-14-8-12(9)18/h1-8,17-18H,(H,16,19). The number of hydrazone groups is 1. The highest BCUT2D eigenvalue weighted by Crippen LogP contribution is 2.15. The molecule has 0 unspecified atom stereocenters. The molecule has 6 nitrogen and oxygen atoms in total. The first kappa shape index (κ1) is 12.6. The second-order valence-corrected chi connectivity index (χ2v) is 3.65. The normalized spacial score (nSPS) is 10.5. The molecule has 0 aliphatic heterocycles. The van der Waals surface area contributed by atoms with Gasteiger partial charge in [0.15, 0.2) is 0 Å². The molecule has 19 heavy (non-hydrogen) atoms. The minimum Gasteiger partial charge on any atom is -0.507 e. The maximum atomic E-state index is 11.7. The summed E-state index contributed by atoms with van der Waals surface area (Å²) in [7, 11) is 0. The van der Waals surface area contributed by atoms with Crippen molar-refractivity contribution in [2.45, 2.75) is 0 Å². The first-order valence-corrected chi connectivity index (χ1v) is 5.43. The van der Waals surface area contributed by atoms with Gasteiger partial charge in [-0.2, -0.15) is 5.10 Å². The number of nitrogens with zero attached hydrogens (tertiary/aromatic N) is 2. The van der Waals surface area contributed by atoms with E-state index in [9.17, 15) is 15.0 Å². The quantitative estimate of drug-likeness (QED) is 0.569. The Labute approximate surface area is 109 Å². The molecule has 0 bridgehead atoms. The fraction of sp³-hybridized carbons (Fsp3) is 0. The lowest BCUT2D eigenvalue weighted by Crippen LogP contribution is -2.17. The largest absolute Gasteiger partial charge is 0.507 e. The van der Waals surface area contributed by atoms with Crippen LogP contribution in [0, 0.1) is 0 Å². The van der Waals surface area contributed by atoms with Crippen LogP contribution in [0.2, 0.25) is 0 Å². The maximum absolute atomic E-state index is 11.7. The van der Waals surface area contributed by atoms with Gasteiger partial charge in [0.05, 0.1) is 18.0 Å². The molecule has 1 heterocycles. The molecule has 0 atom stereocenters. The average molecular weight is 257 g/mol. The predicted octanol–water partition coefficient (Wildman–Crippen LogP) is 1.26. The molecular formula is C13H11N3O3. The summed E-state index contributed by atoms with van der Waals surface area (Å²) >= 11 is 0. The third kappa shape index (κ3) is 3.06. The number of hydrogen-bond acceptors (Lipinski definition) is 5. The maximum Gasteiger partial charge on any atom is 0.275 e. The van der Waals surface area contributed by atoms with Gasteiger partial charge in [0.2, 0.25) is 0 Å². The summed E-state index contributed by atoms with van der Waals surface area (Å²) in [6.07, 6.45) is 4.05. The molecule has 0 aliphatic carbocycles. The second kappa shape index (κ2) is 5.63. The predicted molar refractivity (Wildman–Crippen MR) is 69.1 cm³/mol. The number of aromatic hydroxyl groups is 2. The van der Waals surface area contributed by atoms with Crippen LogP contribution in [0.4, 0.5) is 0 Å². The lowest BCUT2D eigenvalue weighted by atomic mass is 10.2. The highest BCUT2D eigenvalue weighted by molar-refractivity contribution is 5.97. The van der Waals surface area contributed by atoms with Crippen molar-refractivity contribution in [3.05, 3.63) is 53.9 Å². The summed E-state index contributed by atoms with van der Waals surface area (Å²) in [5, 5.41) is 22.6. The number of pyridine rings is 1. The number of para-hydroxylation sites is 1. The van der Waals surface area contributed by atoms with Gasteiger partial charge in [0.25, 0.3) is 5.91 Å². The van der Waals surface area contributed by atoms with E-state index >= 15 is 0 Å². The molecule has 1 amide bonds. The Morgan fingerprint density at radius 1 is 1.21 bits per heavy atom. The summed E-state index contributed by atoms with van der Waals surface area (Å²) in [5.74, 6) is -0.701. The molecule has 96 valence electrons. The summed E-state index contributed by atoms with van der Waals surface area (Å²) in [4.78, 5) is 15.4. The van der Waals surface area contributed by atoms with E-state index in [0.29, 0.717) is 5.56 Å². The van der Waals surface area contributed by atoms with Crippen molar-refractivity contribution >= 4 is 12.1 Å². The topological polar surface area (TPSA) is 94.8 Å². The number of phenols is 1. The van der Waals surface area contributed by atoms with E-state index in [1.54, 1.807) is 18.2 Å². The van der Waals surface area contributed by atoms with Crippen molar-refractivity contribution in [2.75, 3.05) is 0 Å². The van der Waals surface area contributed by atoms with Crippen LogP contribution >= 0.6 is 0 Å². The molecular weight excluding hydrogens is 246 g/mol. The summed E-state index contributed by atoms with van der Waals surface area (Å²) < 4.78 is 0. The number of benzene rings is 1. The van der Waals surface area contributed by atoms with Gasteiger partial charge in [0.1, 0.15) is 11.5 Å². The number of phenolic OH excluding ortho intramolecular Hbond substituents is 1. The zero-order valence-electron chi connectivity index (χ0n) is 9.82. The highest BCUT2D eigenvalue weighted by Gasteiger charge is 2.08. The molecule has 0 fully saturated rings. The van der Waals surface area contributed by atoms with E-state index in [0.717, 1.165) is 0 Å². The van der Waals surface area contributed by atoms with E-state index in [2.05, 4.69) is 15.5 Å². The van der Waals surface area contributed by atoms with Crippen LogP contribution in [0.5, 0.6) is 11.5 Å². The molecule has 0 aliphatic rings. The number of nitrogens with one attached hydrogen (secondary N) is 1. The summed E-state index contributed by atoms with van der Waals surface area (Å²) in [6.45, 7) is 0. The number of amides is 1. The molecule has 0 saturated heterocycles. The monoisotopic (exact) mass is 257 g/mol. The van der Waals surface area contributed by atoms with Gasteiger partial charge in [-0.05, 0) is 18.2 Å². The molecule has 6 heteroatoms. The van der Waals surface area contributed by atoms with Gasteiger partial charge in [-0.25, -0.2) is 5.43 Å². The zero-order valence-corrected chi connectivity index (χ0v) is 9.82. The number of carbonyl (C=O) groups excluding carboxylic acids is 1. The van der Waals surface area contributed by atoms with Gasteiger partial charge in [-0.15, -0.1) is 0 Å². The lowest BCUT2D eigenvalue weighted by molar-refractivity contribution is 0.0952. The van der Waals surface area contributed by atoms with E-state index in [4.69, 9.17) is 0 Å². The molecule has 2 rings (SSSR count). The molecule has 0 spiro atoms. The van der Waals surface area contributed by atoms with Gasteiger partial charge < -0.3 is 10.2 Å². The molecule has 2 aromatic rings.